The van der Waals surface area contributed by atoms with E-state index in [1.165, 1.54) is 32.1 Å². The Morgan fingerprint density at radius 2 is 1.86 bits per heavy atom. The number of carbonyl (C=O) groups excluding carboxylic acids is 1. The van der Waals surface area contributed by atoms with Crippen molar-refractivity contribution in [2.75, 3.05) is 26.7 Å². The topological polar surface area (TPSA) is 41.6 Å². The third-order valence-electron chi connectivity index (χ3n) is 5.10. The molecule has 0 aromatic heterocycles. The summed E-state index contributed by atoms with van der Waals surface area (Å²) in [6.45, 7) is 6.04. The summed E-state index contributed by atoms with van der Waals surface area (Å²) >= 11 is 0. The Balaban J connectivity index is 2.08. The number of nitrogens with zero attached hydrogens (tertiary/aromatic N) is 1. The van der Waals surface area contributed by atoms with Gasteiger partial charge in [0.05, 0.1) is 6.61 Å². The maximum Gasteiger partial charge on any atom is 0.327 e. The number of nitrogens with one attached hydrogen (secondary N) is 1. The van der Waals surface area contributed by atoms with Crippen molar-refractivity contribution < 1.29 is 9.53 Å². The number of hydrogen-bond donors (Lipinski definition) is 1. The van der Waals surface area contributed by atoms with E-state index in [1.54, 1.807) is 0 Å². The van der Waals surface area contributed by atoms with Crippen molar-refractivity contribution in [3.05, 3.63) is 0 Å². The van der Waals surface area contributed by atoms with Crippen molar-refractivity contribution >= 4 is 5.97 Å². The van der Waals surface area contributed by atoms with Gasteiger partial charge >= 0.3 is 5.97 Å². The molecule has 0 aliphatic heterocycles. The van der Waals surface area contributed by atoms with Crippen molar-refractivity contribution in [2.24, 2.45) is 5.92 Å². The molecule has 1 N–H and O–H groups in total. The molecule has 0 heterocycles. The lowest BCUT2D eigenvalue weighted by Gasteiger charge is -2.40. The molecule has 2 fully saturated rings. The SMILES string of the molecule is CCNC(CN(C)C1CCCCC1)(C(=O)OCC)C1CC1. The van der Waals surface area contributed by atoms with Gasteiger partial charge in [0.25, 0.3) is 0 Å². The van der Waals surface area contributed by atoms with Crippen molar-refractivity contribution in [1.29, 1.82) is 0 Å². The standard InChI is InChI=1S/C17H32N2O2/c1-4-18-17(14-11-12-14,16(20)21-5-2)13-19(3)15-9-7-6-8-10-15/h14-15,18H,4-13H2,1-3H3. The molecular weight excluding hydrogens is 264 g/mol. The number of carbonyl (C=O) groups is 1. The highest BCUT2D eigenvalue weighted by molar-refractivity contribution is 5.82. The zero-order valence-electron chi connectivity index (χ0n) is 14.0. The first-order valence-electron chi connectivity index (χ1n) is 8.76. The zero-order chi connectivity index (χ0) is 15.3. The molecule has 1 atom stereocenters. The first kappa shape index (κ1) is 16.8. The first-order valence-corrected chi connectivity index (χ1v) is 8.76. The molecule has 0 radical (unpaired) electrons. The highest BCUT2D eigenvalue weighted by Gasteiger charge is 2.52. The second-order valence-electron chi connectivity index (χ2n) is 6.70. The number of esters is 1. The Bertz CT molecular complexity index is 338. The van der Waals surface area contributed by atoms with Crippen LogP contribution in [0.2, 0.25) is 0 Å². The van der Waals surface area contributed by atoms with E-state index in [0.717, 1.165) is 25.9 Å². The Morgan fingerprint density at radius 1 is 1.19 bits per heavy atom. The molecule has 2 aliphatic rings. The molecule has 4 heteroatoms. The predicted molar refractivity (Wildman–Crippen MR) is 85.3 cm³/mol. The Labute approximate surface area is 129 Å². The van der Waals surface area contributed by atoms with Gasteiger partial charge in [-0.2, -0.15) is 0 Å². The number of rotatable bonds is 8. The summed E-state index contributed by atoms with van der Waals surface area (Å²) < 4.78 is 5.42. The number of hydrogen-bond acceptors (Lipinski definition) is 4. The molecule has 4 nitrogen and oxygen atoms in total. The van der Waals surface area contributed by atoms with Gasteiger partial charge in [0.1, 0.15) is 5.54 Å². The molecule has 2 rings (SSSR count). The van der Waals surface area contributed by atoms with Gasteiger partial charge in [-0.1, -0.05) is 26.2 Å². The van der Waals surface area contributed by atoms with E-state index in [2.05, 4.69) is 24.2 Å². The largest absolute Gasteiger partial charge is 0.465 e. The third kappa shape index (κ3) is 3.98. The van der Waals surface area contributed by atoms with E-state index in [0.29, 0.717) is 18.6 Å². The Hall–Kier alpha value is -0.610. The summed E-state index contributed by atoms with van der Waals surface area (Å²) in [6.07, 6.45) is 8.84. The van der Waals surface area contributed by atoms with Crippen LogP contribution in [-0.4, -0.2) is 49.2 Å². The van der Waals surface area contributed by atoms with E-state index in [4.69, 9.17) is 4.74 Å². The molecule has 0 saturated heterocycles. The van der Waals surface area contributed by atoms with E-state index < -0.39 is 5.54 Å². The maximum atomic E-state index is 12.6. The quantitative estimate of drug-likeness (QED) is 0.699. The van der Waals surface area contributed by atoms with Crippen LogP contribution >= 0.6 is 0 Å². The van der Waals surface area contributed by atoms with Gasteiger partial charge < -0.3 is 15.0 Å². The molecule has 122 valence electrons. The Kier molecular flexibility index (Phi) is 6.06. The fraction of sp³-hybridized carbons (Fsp3) is 0.941. The lowest BCUT2D eigenvalue weighted by molar-refractivity contribution is -0.153. The highest BCUT2D eigenvalue weighted by Crippen LogP contribution is 2.41. The molecule has 0 aromatic rings. The minimum Gasteiger partial charge on any atom is -0.465 e. The van der Waals surface area contributed by atoms with E-state index in [9.17, 15) is 4.79 Å². The van der Waals surface area contributed by atoms with Crippen LogP contribution in [0.4, 0.5) is 0 Å². The molecule has 0 aromatic carbocycles. The van der Waals surface area contributed by atoms with E-state index in [-0.39, 0.29) is 5.97 Å². The second kappa shape index (κ2) is 7.59. The maximum absolute atomic E-state index is 12.6. The summed E-state index contributed by atoms with van der Waals surface area (Å²) in [5.74, 6) is 0.402. The van der Waals surface area contributed by atoms with Crippen molar-refractivity contribution in [3.63, 3.8) is 0 Å². The monoisotopic (exact) mass is 296 g/mol. The van der Waals surface area contributed by atoms with E-state index in [1.807, 2.05) is 6.92 Å². The molecular formula is C17H32N2O2. The fourth-order valence-corrected chi connectivity index (χ4v) is 3.83. The van der Waals surface area contributed by atoms with Crippen LogP contribution in [0, 0.1) is 5.92 Å². The summed E-state index contributed by atoms with van der Waals surface area (Å²) in [5.41, 5.74) is -0.489. The predicted octanol–water partition coefficient (Wildman–Crippen LogP) is 2.57. The van der Waals surface area contributed by atoms with Crippen LogP contribution in [0.1, 0.15) is 58.8 Å². The van der Waals surface area contributed by atoms with Gasteiger partial charge in [0.2, 0.25) is 0 Å². The van der Waals surface area contributed by atoms with Gasteiger partial charge in [-0.3, -0.25) is 0 Å². The van der Waals surface area contributed by atoms with Crippen molar-refractivity contribution in [2.45, 2.75) is 70.4 Å². The fourth-order valence-electron chi connectivity index (χ4n) is 3.83. The Morgan fingerprint density at radius 3 is 2.38 bits per heavy atom. The van der Waals surface area contributed by atoms with Crippen LogP contribution in [0.5, 0.6) is 0 Å². The summed E-state index contributed by atoms with van der Waals surface area (Å²) in [7, 11) is 2.18. The molecule has 0 bridgehead atoms. The lowest BCUT2D eigenvalue weighted by Crippen LogP contribution is -2.62. The summed E-state index contributed by atoms with van der Waals surface area (Å²) in [6, 6.07) is 0.630. The van der Waals surface area contributed by atoms with Gasteiger partial charge in [-0.05, 0) is 52.1 Å². The van der Waals surface area contributed by atoms with Gasteiger partial charge in [0, 0.05) is 12.6 Å². The van der Waals surface area contributed by atoms with E-state index >= 15 is 0 Å². The molecule has 0 spiro atoms. The molecule has 21 heavy (non-hydrogen) atoms. The minimum atomic E-state index is -0.489. The third-order valence-corrected chi connectivity index (χ3v) is 5.10. The van der Waals surface area contributed by atoms with Crippen LogP contribution in [0.15, 0.2) is 0 Å². The molecule has 1 unspecified atom stereocenters. The normalized spacial score (nSPS) is 23.0. The van der Waals surface area contributed by atoms with Crippen LogP contribution in [0.3, 0.4) is 0 Å². The number of ether oxygens (including phenoxy) is 1. The van der Waals surface area contributed by atoms with Crippen molar-refractivity contribution in [3.8, 4) is 0 Å². The minimum absolute atomic E-state index is 0.0444. The van der Waals surface area contributed by atoms with Gasteiger partial charge in [-0.25, -0.2) is 4.79 Å². The smallest absolute Gasteiger partial charge is 0.327 e. The first-order chi connectivity index (χ1) is 10.1. The average Bonchev–Trinajstić information content (AvgIpc) is 3.32. The summed E-state index contributed by atoms with van der Waals surface area (Å²) in [5, 5.41) is 3.50. The highest BCUT2D eigenvalue weighted by atomic mass is 16.5. The van der Waals surface area contributed by atoms with Crippen LogP contribution in [-0.2, 0) is 9.53 Å². The molecule has 2 saturated carbocycles. The van der Waals surface area contributed by atoms with Gasteiger partial charge in [0.15, 0.2) is 0 Å². The molecule has 0 amide bonds. The van der Waals surface area contributed by atoms with Crippen LogP contribution in [0.25, 0.3) is 0 Å². The summed E-state index contributed by atoms with van der Waals surface area (Å²) in [4.78, 5) is 15.1. The van der Waals surface area contributed by atoms with Gasteiger partial charge in [-0.15, -0.1) is 0 Å². The van der Waals surface area contributed by atoms with Crippen molar-refractivity contribution in [1.82, 2.24) is 10.2 Å². The number of likely N-dealkylation sites (N-methyl/N-ethyl adjacent to an activating group) is 2. The second-order valence-corrected chi connectivity index (χ2v) is 6.70. The molecule has 2 aliphatic carbocycles. The lowest BCUT2D eigenvalue weighted by atomic mass is 9.89. The zero-order valence-corrected chi connectivity index (χ0v) is 14.0. The van der Waals surface area contributed by atoms with Crippen LogP contribution < -0.4 is 5.32 Å². The average molecular weight is 296 g/mol.